The number of hydrogen-bond donors (Lipinski definition) is 1. The first-order valence-electron chi connectivity index (χ1n) is 7.58. The summed E-state index contributed by atoms with van der Waals surface area (Å²) < 4.78 is 5.82. The van der Waals surface area contributed by atoms with Crippen LogP contribution in [0.15, 0.2) is 54.6 Å². The Bertz CT molecular complexity index is 566. The highest BCUT2D eigenvalue weighted by atomic mass is 16.5. The number of rotatable bonds is 7. The van der Waals surface area contributed by atoms with Crippen LogP contribution in [0.4, 0.5) is 5.69 Å². The fourth-order valence-electron chi connectivity index (χ4n) is 2.53. The predicted octanol–water partition coefficient (Wildman–Crippen LogP) is 3.31. The van der Waals surface area contributed by atoms with Gasteiger partial charge in [0.1, 0.15) is 12.4 Å². The van der Waals surface area contributed by atoms with Gasteiger partial charge in [0.25, 0.3) is 0 Å². The molecule has 110 valence electrons. The summed E-state index contributed by atoms with van der Waals surface area (Å²) in [5.74, 6) is 0.785. The zero-order valence-corrected chi connectivity index (χ0v) is 12.2. The minimum atomic E-state index is 0.678. The number of nitrogens with two attached hydrogens (primary N) is 1. The summed E-state index contributed by atoms with van der Waals surface area (Å²) in [4.78, 5) is 2.51. The zero-order valence-electron chi connectivity index (χ0n) is 12.2. The minimum Gasteiger partial charge on any atom is -0.490 e. The summed E-state index contributed by atoms with van der Waals surface area (Å²) in [6, 6.07) is 19.0. The fraction of sp³-hybridized carbons (Fsp3) is 0.333. The smallest absolute Gasteiger partial charge is 0.142 e. The number of anilines is 1. The Balaban J connectivity index is 1.53. The molecule has 21 heavy (non-hydrogen) atoms. The highest BCUT2D eigenvalue weighted by Gasteiger charge is 2.28. The van der Waals surface area contributed by atoms with Gasteiger partial charge in [-0.1, -0.05) is 42.5 Å². The molecule has 0 radical (unpaired) electrons. The topological polar surface area (TPSA) is 38.5 Å². The summed E-state index contributed by atoms with van der Waals surface area (Å²) in [6.45, 7) is 2.62. The lowest BCUT2D eigenvalue weighted by Gasteiger charge is -2.22. The highest BCUT2D eigenvalue weighted by molar-refractivity contribution is 5.51. The van der Waals surface area contributed by atoms with Crippen molar-refractivity contribution in [3.63, 3.8) is 0 Å². The van der Waals surface area contributed by atoms with Crippen LogP contribution in [0.1, 0.15) is 18.4 Å². The molecule has 1 aliphatic carbocycles. The van der Waals surface area contributed by atoms with Gasteiger partial charge in [-0.15, -0.1) is 0 Å². The molecule has 0 unspecified atom stereocenters. The van der Waals surface area contributed by atoms with Crippen LogP contribution in [0, 0.1) is 0 Å². The van der Waals surface area contributed by atoms with Gasteiger partial charge >= 0.3 is 0 Å². The Kier molecular flexibility index (Phi) is 4.41. The SMILES string of the molecule is Nc1ccccc1OCCN(Cc1ccccc1)C1CC1. The highest BCUT2D eigenvalue weighted by Crippen LogP contribution is 2.28. The maximum atomic E-state index is 5.89. The second-order valence-corrected chi connectivity index (χ2v) is 5.57. The maximum Gasteiger partial charge on any atom is 0.142 e. The van der Waals surface area contributed by atoms with E-state index in [0.717, 1.165) is 24.9 Å². The van der Waals surface area contributed by atoms with Crippen molar-refractivity contribution in [3.8, 4) is 5.75 Å². The van der Waals surface area contributed by atoms with Crippen molar-refractivity contribution >= 4 is 5.69 Å². The van der Waals surface area contributed by atoms with Crippen molar-refractivity contribution < 1.29 is 4.74 Å². The van der Waals surface area contributed by atoms with E-state index in [4.69, 9.17) is 10.5 Å². The van der Waals surface area contributed by atoms with Gasteiger partial charge in [0.2, 0.25) is 0 Å². The Morgan fingerprint density at radius 2 is 1.71 bits per heavy atom. The van der Waals surface area contributed by atoms with Gasteiger partial charge in [-0.2, -0.15) is 0 Å². The van der Waals surface area contributed by atoms with Crippen molar-refractivity contribution in [3.05, 3.63) is 60.2 Å². The van der Waals surface area contributed by atoms with Crippen LogP contribution in [-0.2, 0) is 6.54 Å². The molecular weight excluding hydrogens is 260 g/mol. The van der Waals surface area contributed by atoms with E-state index >= 15 is 0 Å². The van der Waals surface area contributed by atoms with E-state index in [-0.39, 0.29) is 0 Å². The molecule has 2 aromatic carbocycles. The lowest BCUT2D eigenvalue weighted by Crippen LogP contribution is -2.30. The lowest BCUT2D eigenvalue weighted by molar-refractivity contribution is 0.196. The molecule has 3 heteroatoms. The van der Waals surface area contributed by atoms with Crippen molar-refractivity contribution in [1.29, 1.82) is 0 Å². The average Bonchev–Trinajstić information content (AvgIpc) is 3.34. The molecule has 0 aliphatic heterocycles. The Labute approximate surface area is 126 Å². The number of benzene rings is 2. The molecule has 0 saturated heterocycles. The lowest BCUT2D eigenvalue weighted by atomic mass is 10.2. The van der Waals surface area contributed by atoms with Crippen molar-refractivity contribution in [2.75, 3.05) is 18.9 Å². The molecule has 0 heterocycles. The molecule has 0 amide bonds. The van der Waals surface area contributed by atoms with E-state index < -0.39 is 0 Å². The monoisotopic (exact) mass is 282 g/mol. The quantitative estimate of drug-likeness (QED) is 0.792. The molecule has 0 spiro atoms. The van der Waals surface area contributed by atoms with Gasteiger partial charge in [-0.25, -0.2) is 0 Å². The zero-order chi connectivity index (χ0) is 14.5. The van der Waals surface area contributed by atoms with Crippen LogP contribution < -0.4 is 10.5 Å². The standard InChI is InChI=1S/C18H22N2O/c19-17-8-4-5-9-18(17)21-13-12-20(16-10-11-16)14-15-6-2-1-3-7-15/h1-9,16H,10-14,19H2. The first-order chi connectivity index (χ1) is 10.3. The summed E-state index contributed by atoms with van der Waals surface area (Å²) in [5.41, 5.74) is 7.97. The summed E-state index contributed by atoms with van der Waals surface area (Å²) in [5, 5.41) is 0. The van der Waals surface area contributed by atoms with E-state index in [1.54, 1.807) is 0 Å². The molecule has 1 aliphatic rings. The number of ether oxygens (including phenoxy) is 1. The van der Waals surface area contributed by atoms with E-state index in [1.807, 2.05) is 24.3 Å². The van der Waals surface area contributed by atoms with Crippen LogP contribution in [0.25, 0.3) is 0 Å². The summed E-state index contributed by atoms with van der Waals surface area (Å²) >= 11 is 0. The maximum absolute atomic E-state index is 5.89. The number of nitrogens with zero attached hydrogens (tertiary/aromatic N) is 1. The van der Waals surface area contributed by atoms with Crippen molar-refractivity contribution in [2.24, 2.45) is 0 Å². The molecule has 0 aromatic heterocycles. The molecular formula is C18H22N2O. The van der Waals surface area contributed by atoms with Gasteiger partial charge in [-0.3, -0.25) is 4.90 Å². The van der Waals surface area contributed by atoms with Crippen LogP contribution in [0.5, 0.6) is 5.75 Å². The van der Waals surface area contributed by atoms with E-state index in [9.17, 15) is 0 Å². The number of nitrogen functional groups attached to an aromatic ring is 1. The van der Waals surface area contributed by atoms with Crippen LogP contribution in [0.3, 0.4) is 0 Å². The first kappa shape index (κ1) is 14.0. The number of para-hydroxylation sites is 2. The van der Waals surface area contributed by atoms with Gasteiger partial charge in [0.05, 0.1) is 5.69 Å². The van der Waals surface area contributed by atoms with Crippen LogP contribution >= 0.6 is 0 Å². The molecule has 2 aromatic rings. The summed E-state index contributed by atoms with van der Waals surface area (Å²) in [7, 11) is 0. The molecule has 0 atom stereocenters. The number of hydrogen-bond acceptors (Lipinski definition) is 3. The van der Waals surface area contributed by atoms with Crippen LogP contribution in [0.2, 0.25) is 0 Å². The third-order valence-corrected chi connectivity index (χ3v) is 3.85. The van der Waals surface area contributed by atoms with Gasteiger partial charge in [0.15, 0.2) is 0 Å². The fourth-order valence-corrected chi connectivity index (χ4v) is 2.53. The molecule has 3 rings (SSSR count). The Morgan fingerprint density at radius 1 is 1.00 bits per heavy atom. The van der Waals surface area contributed by atoms with E-state index in [0.29, 0.717) is 12.3 Å². The summed E-state index contributed by atoms with van der Waals surface area (Å²) in [6.07, 6.45) is 2.61. The molecule has 1 saturated carbocycles. The Morgan fingerprint density at radius 3 is 2.43 bits per heavy atom. The van der Waals surface area contributed by atoms with E-state index in [2.05, 4.69) is 35.2 Å². The molecule has 2 N–H and O–H groups in total. The van der Waals surface area contributed by atoms with Crippen molar-refractivity contribution in [1.82, 2.24) is 4.90 Å². The third-order valence-electron chi connectivity index (χ3n) is 3.85. The molecule has 0 bridgehead atoms. The van der Waals surface area contributed by atoms with Crippen molar-refractivity contribution in [2.45, 2.75) is 25.4 Å². The first-order valence-corrected chi connectivity index (χ1v) is 7.58. The van der Waals surface area contributed by atoms with Crippen LogP contribution in [-0.4, -0.2) is 24.1 Å². The van der Waals surface area contributed by atoms with Gasteiger partial charge in [0, 0.05) is 19.1 Å². The second-order valence-electron chi connectivity index (χ2n) is 5.57. The molecule has 3 nitrogen and oxygen atoms in total. The normalized spacial score (nSPS) is 14.3. The predicted molar refractivity (Wildman–Crippen MR) is 86.2 cm³/mol. The largest absolute Gasteiger partial charge is 0.490 e. The second kappa shape index (κ2) is 6.64. The Hall–Kier alpha value is -2.00. The third kappa shape index (κ3) is 3.99. The van der Waals surface area contributed by atoms with Gasteiger partial charge in [-0.05, 0) is 30.5 Å². The van der Waals surface area contributed by atoms with Gasteiger partial charge < -0.3 is 10.5 Å². The minimum absolute atomic E-state index is 0.678. The average molecular weight is 282 g/mol. The van der Waals surface area contributed by atoms with E-state index in [1.165, 1.54) is 18.4 Å². The molecule has 1 fully saturated rings.